The number of aryl methyl sites for hydroxylation is 1. The number of imidazole rings is 2. The van der Waals surface area contributed by atoms with E-state index < -0.39 is 0 Å². The number of aromatic amines is 2. The van der Waals surface area contributed by atoms with Crippen LogP contribution in [0.4, 0.5) is 0 Å². The van der Waals surface area contributed by atoms with Crippen LogP contribution in [-0.2, 0) is 0 Å². The van der Waals surface area contributed by atoms with E-state index in [-0.39, 0.29) is 0 Å². The molecule has 0 aliphatic carbocycles. The number of aromatic nitrogens is 4. The van der Waals surface area contributed by atoms with Gasteiger partial charge in [-0.1, -0.05) is 12.1 Å². The van der Waals surface area contributed by atoms with Crippen LogP contribution in [0.25, 0.3) is 22.5 Å². The Balaban J connectivity index is 2.27. The second-order valence-corrected chi connectivity index (χ2v) is 5.02. The van der Waals surface area contributed by atoms with Crippen molar-refractivity contribution in [3.05, 3.63) is 60.2 Å². The fourth-order valence-electron chi connectivity index (χ4n) is 2.77. The van der Waals surface area contributed by atoms with E-state index in [1.54, 1.807) is 0 Å². The molecule has 5 heteroatoms. The minimum atomic E-state index is 0.672. The van der Waals surface area contributed by atoms with Gasteiger partial charge in [-0.05, 0) is 24.6 Å². The topological polar surface area (TPSA) is 63.3 Å². The van der Waals surface area contributed by atoms with Crippen LogP contribution in [-0.4, -0.2) is 9.97 Å². The van der Waals surface area contributed by atoms with Crippen LogP contribution in [0.1, 0.15) is 11.1 Å². The Bertz CT molecular complexity index is 1000. The van der Waals surface area contributed by atoms with Gasteiger partial charge in [-0.15, -0.1) is 8.97 Å². The molecule has 0 bridgehead atoms. The number of nitriles is 1. The molecule has 4 aromatic rings. The molecule has 0 atom stereocenters. The van der Waals surface area contributed by atoms with Crippen molar-refractivity contribution in [1.29, 1.82) is 5.26 Å². The summed E-state index contributed by atoms with van der Waals surface area (Å²) in [6, 6.07) is 12.4. The molecule has 0 unspecified atom stereocenters. The normalized spacial score (nSPS) is 11.0. The number of fused-ring (bicyclic) bond motifs is 3. The van der Waals surface area contributed by atoms with Crippen LogP contribution in [0.2, 0.25) is 0 Å². The van der Waals surface area contributed by atoms with E-state index in [4.69, 9.17) is 0 Å². The average molecular weight is 275 g/mol. The monoisotopic (exact) mass is 275 g/mol. The summed E-state index contributed by atoms with van der Waals surface area (Å²) in [5, 5.41) is 9.47. The van der Waals surface area contributed by atoms with Gasteiger partial charge in [0.15, 0.2) is 17.9 Å². The van der Waals surface area contributed by atoms with Gasteiger partial charge in [-0.3, -0.25) is 0 Å². The zero-order valence-corrected chi connectivity index (χ0v) is 11.5. The number of hydrogen-bond donors (Lipinski definition) is 2. The molecular weight excluding hydrogens is 262 g/mol. The standard InChI is InChI=1S/C16H11N5/c1-11-8-15(20-7-6-18-10-20)21-14-5-3-2-4-13(14)19-16(21)12(11)9-17/h2-8,10H,1H3/p+2. The van der Waals surface area contributed by atoms with Crippen LogP contribution in [0.15, 0.2) is 49.1 Å². The largest absolute Gasteiger partial charge is 0.352 e. The molecule has 1 aromatic carbocycles. The van der Waals surface area contributed by atoms with E-state index >= 15 is 0 Å². The van der Waals surface area contributed by atoms with E-state index in [0.29, 0.717) is 5.56 Å². The smallest absolute Gasteiger partial charge is 0.310 e. The number of nitrogens with zero attached hydrogens (tertiary/aromatic N) is 3. The third kappa shape index (κ3) is 1.56. The maximum atomic E-state index is 9.47. The summed E-state index contributed by atoms with van der Waals surface area (Å²) < 4.78 is 4.08. The lowest BCUT2D eigenvalue weighted by molar-refractivity contribution is -0.697. The van der Waals surface area contributed by atoms with Gasteiger partial charge in [0.2, 0.25) is 0 Å². The number of H-pyrrole nitrogens is 2. The summed E-state index contributed by atoms with van der Waals surface area (Å²) in [7, 11) is 0. The summed E-state index contributed by atoms with van der Waals surface area (Å²) in [6.07, 6.45) is 5.71. The van der Waals surface area contributed by atoms with Crippen molar-refractivity contribution in [3.8, 4) is 11.9 Å². The number of pyridine rings is 1. The highest BCUT2D eigenvalue weighted by molar-refractivity contribution is 5.76. The highest BCUT2D eigenvalue weighted by Crippen LogP contribution is 2.17. The Labute approximate surface area is 120 Å². The Morgan fingerprint density at radius 1 is 1.24 bits per heavy atom. The van der Waals surface area contributed by atoms with Crippen molar-refractivity contribution in [2.75, 3.05) is 0 Å². The van der Waals surface area contributed by atoms with E-state index in [1.165, 1.54) is 0 Å². The van der Waals surface area contributed by atoms with Gasteiger partial charge in [-0.25, -0.2) is 4.98 Å². The molecule has 4 rings (SSSR count). The van der Waals surface area contributed by atoms with Gasteiger partial charge in [0.05, 0.1) is 11.6 Å². The Morgan fingerprint density at radius 3 is 2.86 bits per heavy atom. The molecule has 0 saturated carbocycles. The zero-order valence-electron chi connectivity index (χ0n) is 11.5. The fraction of sp³-hybridized carbons (Fsp3) is 0.0625. The number of para-hydroxylation sites is 2. The van der Waals surface area contributed by atoms with Gasteiger partial charge in [-0.2, -0.15) is 5.26 Å². The molecule has 0 radical (unpaired) electrons. The van der Waals surface area contributed by atoms with Crippen LogP contribution in [0, 0.1) is 18.3 Å². The number of hydrogen-bond acceptors (Lipinski definition) is 1. The number of rotatable bonds is 1. The number of nitrogens with one attached hydrogen (secondary N) is 2. The quantitative estimate of drug-likeness (QED) is 0.510. The lowest BCUT2D eigenvalue weighted by Gasteiger charge is -1.99. The van der Waals surface area contributed by atoms with Crippen molar-refractivity contribution in [2.45, 2.75) is 6.92 Å². The summed E-state index contributed by atoms with van der Waals surface area (Å²) in [5.74, 6) is 0.986. The van der Waals surface area contributed by atoms with Crippen molar-refractivity contribution < 1.29 is 8.97 Å². The van der Waals surface area contributed by atoms with Gasteiger partial charge in [0, 0.05) is 0 Å². The molecule has 3 aromatic heterocycles. The summed E-state index contributed by atoms with van der Waals surface area (Å²) in [5.41, 5.74) is 4.51. The Morgan fingerprint density at radius 2 is 2.10 bits per heavy atom. The molecule has 100 valence electrons. The Hall–Kier alpha value is -3.13. The van der Waals surface area contributed by atoms with Crippen LogP contribution in [0.3, 0.4) is 0 Å². The van der Waals surface area contributed by atoms with Gasteiger partial charge in [0.25, 0.3) is 5.65 Å². The van der Waals surface area contributed by atoms with E-state index in [9.17, 15) is 5.26 Å². The summed E-state index contributed by atoms with van der Waals surface area (Å²) >= 11 is 0. The third-order valence-corrected chi connectivity index (χ3v) is 3.75. The average Bonchev–Trinajstić information content (AvgIpc) is 3.14. The molecule has 5 nitrogen and oxygen atoms in total. The van der Waals surface area contributed by atoms with E-state index in [2.05, 4.69) is 20.4 Å². The molecule has 0 spiro atoms. The van der Waals surface area contributed by atoms with E-state index in [0.717, 1.165) is 28.1 Å². The summed E-state index contributed by atoms with van der Waals surface area (Å²) in [4.78, 5) is 6.41. The first kappa shape index (κ1) is 11.7. The first-order valence-corrected chi connectivity index (χ1v) is 6.70. The van der Waals surface area contributed by atoms with Crippen LogP contribution < -0.4 is 8.97 Å². The fourth-order valence-corrected chi connectivity index (χ4v) is 2.77. The van der Waals surface area contributed by atoms with Crippen molar-refractivity contribution >= 4 is 16.7 Å². The SMILES string of the molecule is Cc1cc(-[n+]2cc[nH]c2)[n+]2c([nH]c3ccccc32)c1C#N. The van der Waals surface area contributed by atoms with Crippen LogP contribution >= 0.6 is 0 Å². The van der Waals surface area contributed by atoms with Crippen molar-refractivity contribution in [2.24, 2.45) is 0 Å². The molecular formula is C16H13N5+2. The summed E-state index contributed by atoms with van der Waals surface area (Å²) in [6.45, 7) is 1.96. The molecule has 2 N–H and O–H groups in total. The molecule has 0 aliphatic rings. The number of benzene rings is 1. The van der Waals surface area contributed by atoms with Gasteiger partial charge >= 0.3 is 12.1 Å². The maximum absolute atomic E-state index is 9.47. The minimum absolute atomic E-state index is 0.672. The lowest BCUT2D eigenvalue weighted by atomic mass is 10.1. The van der Waals surface area contributed by atoms with Crippen molar-refractivity contribution in [1.82, 2.24) is 9.97 Å². The second-order valence-electron chi connectivity index (χ2n) is 5.02. The molecule has 0 saturated heterocycles. The first-order valence-electron chi connectivity index (χ1n) is 6.70. The molecule has 0 amide bonds. The molecule has 0 aliphatic heterocycles. The van der Waals surface area contributed by atoms with Gasteiger partial charge in [0.1, 0.15) is 11.6 Å². The molecule has 0 fully saturated rings. The minimum Gasteiger partial charge on any atom is -0.310 e. The molecule has 21 heavy (non-hydrogen) atoms. The van der Waals surface area contributed by atoms with Gasteiger partial charge < -0.3 is 4.98 Å². The van der Waals surface area contributed by atoms with Crippen molar-refractivity contribution in [3.63, 3.8) is 0 Å². The molecule has 3 heterocycles. The highest BCUT2D eigenvalue weighted by atomic mass is 15.2. The van der Waals surface area contributed by atoms with E-state index in [1.807, 2.05) is 60.5 Å². The third-order valence-electron chi connectivity index (χ3n) is 3.75. The highest BCUT2D eigenvalue weighted by Gasteiger charge is 2.24. The Kier molecular flexibility index (Phi) is 2.33. The predicted molar refractivity (Wildman–Crippen MR) is 76.8 cm³/mol. The predicted octanol–water partition coefficient (Wildman–Crippen LogP) is 1.69. The zero-order chi connectivity index (χ0) is 14.4. The maximum Gasteiger partial charge on any atom is 0.352 e. The second kappa shape index (κ2) is 4.18. The van der Waals surface area contributed by atoms with Crippen LogP contribution in [0.5, 0.6) is 0 Å². The first-order chi connectivity index (χ1) is 10.3. The lowest BCUT2D eigenvalue weighted by Crippen LogP contribution is -2.42.